The van der Waals surface area contributed by atoms with Gasteiger partial charge in [0.2, 0.25) is 5.91 Å². The first-order valence-electron chi connectivity index (χ1n) is 15.0. The molecule has 12 nitrogen and oxygen atoms in total. The monoisotopic (exact) mass is 583 g/mol. The van der Waals surface area contributed by atoms with Crippen LogP contribution in [0, 0.1) is 17.8 Å². The van der Waals surface area contributed by atoms with Gasteiger partial charge in [0, 0.05) is 67.9 Å². The fourth-order valence-corrected chi connectivity index (χ4v) is 6.30. The number of likely N-dealkylation sites (tertiary alicyclic amines) is 1. The first-order valence-corrected chi connectivity index (χ1v) is 15.0. The molecular weight excluding hydrogens is 546 g/mol. The Morgan fingerprint density at radius 1 is 1.00 bits per heavy atom. The van der Waals surface area contributed by atoms with Crippen molar-refractivity contribution in [2.45, 2.75) is 45.6 Å². The summed E-state index contributed by atoms with van der Waals surface area (Å²) >= 11 is 0. The van der Waals surface area contributed by atoms with Crippen LogP contribution in [0.4, 0.5) is 22.1 Å². The van der Waals surface area contributed by atoms with Gasteiger partial charge in [0.25, 0.3) is 0 Å². The summed E-state index contributed by atoms with van der Waals surface area (Å²) in [5.74, 6) is 2.60. The highest BCUT2D eigenvalue weighted by Crippen LogP contribution is 2.35. The van der Waals surface area contributed by atoms with Gasteiger partial charge in [-0.1, -0.05) is 0 Å². The lowest BCUT2D eigenvalue weighted by Gasteiger charge is -2.46. The number of carbonyl (C=O) groups excluding carboxylic acids is 2. The lowest BCUT2D eigenvalue weighted by Crippen LogP contribution is -2.55. The minimum Gasteiger partial charge on any atom is -0.444 e. The summed E-state index contributed by atoms with van der Waals surface area (Å²) in [6.07, 6.45) is 8.27. The molecule has 2 N–H and O–H groups in total. The van der Waals surface area contributed by atoms with Crippen LogP contribution in [0.3, 0.4) is 0 Å². The summed E-state index contributed by atoms with van der Waals surface area (Å²) in [7, 11) is 1.82. The van der Waals surface area contributed by atoms with Gasteiger partial charge in [-0.3, -0.25) is 4.79 Å². The largest absolute Gasteiger partial charge is 0.444 e. The number of nitrogens with one attached hydrogen (secondary N) is 2. The van der Waals surface area contributed by atoms with Gasteiger partial charge in [-0.25, -0.2) is 24.3 Å². The van der Waals surface area contributed by atoms with Crippen molar-refractivity contribution in [3.63, 3.8) is 0 Å². The number of rotatable bonds is 5. The summed E-state index contributed by atoms with van der Waals surface area (Å²) in [6.45, 7) is 8.86. The second-order valence-corrected chi connectivity index (χ2v) is 13.0. The molecule has 2 bridgehead atoms. The highest BCUT2D eigenvalue weighted by Gasteiger charge is 2.37. The Kier molecular flexibility index (Phi) is 6.59. The number of nitrogens with zero attached hydrogens (tertiary/aromatic N) is 7. The van der Waals surface area contributed by atoms with Gasteiger partial charge in [0.1, 0.15) is 17.2 Å². The quantitative estimate of drug-likeness (QED) is 0.351. The number of hydrogen-bond acceptors (Lipinski definition) is 9. The zero-order valence-electron chi connectivity index (χ0n) is 25.0. The molecule has 1 aliphatic carbocycles. The minimum atomic E-state index is -0.496. The zero-order valence-corrected chi connectivity index (χ0v) is 25.0. The molecule has 2 aliphatic heterocycles. The fraction of sp³-hybridized carbons (Fsp3) is 0.484. The summed E-state index contributed by atoms with van der Waals surface area (Å²) in [5.41, 5.74) is 2.07. The van der Waals surface area contributed by atoms with E-state index in [9.17, 15) is 9.59 Å². The van der Waals surface area contributed by atoms with Crippen LogP contribution in [-0.4, -0.2) is 80.3 Å². The molecular formula is C31H37N9O3. The van der Waals surface area contributed by atoms with Crippen molar-refractivity contribution in [3.8, 4) is 11.4 Å². The van der Waals surface area contributed by atoms with Gasteiger partial charge in [-0.15, -0.1) is 5.10 Å². The van der Waals surface area contributed by atoms with Crippen molar-refractivity contribution in [1.29, 1.82) is 0 Å². The van der Waals surface area contributed by atoms with E-state index in [1.807, 2.05) is 55.6 Å². The van der Waals surface area contributed by atoms with Gasteiger partial charge < -0.3 is 25.2 Å². The molecule has 2 amide bonds. The van der Waals surface area contributed by atoms with Gasteiger partial charge >= 0.3 is 6.09 Å². The van der Waals surface area contributed by atoms with E-state index in [0.29, 0.717) is 42.4 Å². The van der Waals surface area contributed by atoms with E-state index < -0.39 is 5.60 Å². The number of fused-ring (bicyclic) bond motifs is 4. The molecule has 3 fully saturated rings. The van der Waals surface area contributed by atoms with E-state index in [2.05, 4.69) is 31.6 Å². The molecule has 2 atom stereocenters. The van der Waals surface area contributed by atoms with Crippen molar-refractivity contribution in [3.05, 3.63) is 36.8 Å². The molecule has 12 heteroatoms. The van der Waals surface area contributed by atoms with E-state index in [-0.39, 0.29) is 17.9 Å². The smallest absolute Gasteiger partial charge is 0.410 e. The molecule has 2 unspecified atom stereocenters. The number of ether oxygens (including phenoxy) is 1. The van der Waals surface area contributed by atoms with Crippen LogP contribution in [-0.2, 0) is 9.53 Å². The van der Waals surface area contributed by atoms with Crippen LogP contribution in [0.2, 0.25) is 0 Å². The molecule has 2 saturated heterocycles. The van der Waals surface area contributed by atoms with Crippen LogP contribution in [0.1, 0.15) is 40.0 Å². The van der Waals surface area contributed by atoms with Crippen molar-refractivity contribution >= 4 is 45.7 Å². The summed E-state index contributed by atoms with van der Waals surface area (Å²) < 4.78 is 7.46. The Balaban J connectivity index is 1.14. The molecule has 0 spiro atoms. The van der Waals surface area contributed by atoms with E-state index in [4.69, 9.17) is 14.8 Å². The first-order chi connectivity index (χ1) is 20.6. The number of amides is 2. The van der Waals surface area contributed by atoms with Crippen LogP contribution in [0.5, 0.6) is 0 Å². The number of anilines is 3. The molecule has 224 valence electrons. The number of aromatic nitrogens is 5. The predicted molar refractivity (Wildman–Crippen MR) is 164 cm³/mol. The highest BCUT2D eigenvalue weighted by molar-refractivity contribution is 6.03. The predicted octanol–water partition coefficient (Wildman–Crippen LogP) is 4.42. The maximum absolute atomic E-state index is 12.7. The van der Waals surface area contributed by atoms with Crippen molar-refractivity contribution in [1.82, 2.24) is 29.5 Å². The third-order valence-corrected chi connectivity index (χ3v) is 8.36. The second kappa shape index (κ2) is 10.4. The van der Waals surface area contributed by atoms with Crippen LogP contribution in [0.25, 0.3) is 27.8 Å². The minimum absolute atomic E-state index is 0.00841. The van der Waals surface area contributed by atoms with Gasteiger partial charge in [-0.05, 0) is 70.1 Å². The van der Waals surface area contributed by atoms with Gasteiger partial charge in [0.15, 0.2) is 11.5 Å². The molecule has 3 aliphatic rings. The first kappa shape index (κ1) is 27.4. The number of carbonyl (C=O) groups is 2. The lowest BCUT2D eigenvalue weighted by molar-refractivity contribution is -0.117. The molecule has 0 aromatic carbocycles. The topological polar surface area (TPSA) is 130 Å². The fourth-order valence-electron chi connectivity index (χ4n) is 6.30. The molecule has 4 aromatic heterocycles. The Morgan fingerprint density at radius 3 is 2.47 bits per heavy atom. The Hall–Kier alpha value is -4.48. The van der Waals surface area contributed by atoms with Crippen molar-refractivity contribution in [2.24, 2.45) is 17.8 Å². The van der Waals surface area contributed by atoms with Crippen LogP contribution < -0.4 is 15.5 Å². The average molecular weight is 584 g/mol. The van der Waals surface area contributed by atoms with Crippen LogP contribution >= 0.6 is 0 Å². The van der Waals surface area contributed by atoms with Gasteiger partial charge in [-0.2, -0.15) is 0 Å². The third-order valence-electron chi connectivity index (χ3n) is 8.36. The van der Waals surface area contributed by atoms with E-state index in [0.717, 1.165) is 60.0 Å². The van der Waals surface area contributed by atoms with Crippen molar-refractivity contribution in [2.75, 3.05) is 48.8 Å². The number of piperidine rings is 2. The van der Waals surface area contributed by atoms with E-state index in [1.165, 1.54) is 0 Å². The SMILES string of the molecule is CNc1ncc(-c2nc3ccc(N4CC5CC(CN(C(=O)OC(C)(C)C)C5)C4)cn3n2)c2cc(NC(=O)C3CC3)ncc12. The Labute approximate surface area is 249 Å². The Morgan fingerprint density at radius 2 is 1.77 bits per heavy atom. The van der Waals surface area contributed by atoms with E-state index in [1.54, 1.807) is 12.4 Å². The molecule has 6 heterocycles. The van der Waals surface area contributed by atoms with E-state index >= 15 is 0 Å². The summed E-state index contributed by atoms with van der Waals surface area (Å²) in [5, 5.41) is 12.6. The zero-order chi connectivity index (χ0) is 29.9. The maximum Gasteiger partial charge on any atom is 0.410 e. The third kappa shape index (κ3) is 5.53. The molecule has 7 rings (SSSR count). The van der Waals surface area contributed by atoms with Crippen molar-refractivity contribution < 1.29 is 14.3 Å². The summed E-state index contributed by atoms with van der Waals surface area (Å²) in [4.78, 5) is 43.3. The lowest BCUT2D eigenvalue weighted by atomic mass is 9.84. The highest BCUT2D eigenvalue weighted by atomic mass is 16.6. The standard InChI is InChI=1S/C31H37N9O3/c1-31(2,3)43-30(42)39-15-18-9-19(16-39)14-38(13-18)21-7-8-26-36-28(37-40(26)17-21)24-12-34-27(32-4)23-11-33-25(10-22(23)24)35-29(41)20-5-6-20/h7-8,10-12,17-20H,5-6,9,13-16H2,1-4H3,(H,32,34)(H,33,35,41). The molecule has 1 saturated carbocycles. The normalized spacial score (nSPS) is 20.4. The Bertz CT molecular complexity index is 1710. The molecule has 43 heavy (non-hydrogen) atoms. The summed E-state index contributed by atoms with van der Waals surface area (Å²) in [6, 6.07) is 5.96. The van der Waals surface area contributed by atoms with Gasteiger partial charge in [0.05, 0.1) is 11.9 Å². The number of hydrogen-bond donors (Lipinski definition) is 2. The second-order valence-electron chi connectivity index (χ2n) is 13.0. The maximum atomic E-state index is 12.7. The average Bonchev–Trinajstić information content (AvgIpc) is 3.74. The van der Waals surface area contributed by atoms with Crippen LogP contribution in [0.15, 0.2) is 36.8 Å². The molecule has 4 aromatic rings. The number of pyridine rings is 3. The molecule has 0 radical (unpaired) electrons.